The van der Waals surface area contributed by atoms with Crippen LogP contribution in [0.1, 0.15) is 69.0 Å². The van der Waals surface area contributed by atoms with Crippen LogP contribution in [0, 0.1) is 0 Å². The van der Waals surface area contributed by atoms with E-state index in [1.54, 1.807) is 0 Å². The lowest BCUT2D eigenvalue weighted by Crippen LogP contribution is -2.12. The molecule has 124 valence electrons. The maximum absolute atomic E-state index is 9.61. The zero-order valence-corrected chi connectivity index (χ0v) is 15.1. The van der Waals surface area contributed by atoms with Gasteiger partial charge in [0.2, 0.25) is 0 Å². The fourth-order valence-electron chi connectivity index (χ4n) is 3.33. The molecule has 23 heavy (non-hydrogen) atoms. The summed E-state index contributed by atoms with van der Waals surface area (Å²) >= 11 is 0. The second kappa shape index (κ2) is 7.74. The highest BCUT2D eigenvalue weighted by atomic mass is 16.2. The Morgan fingerprint density at radius 1 is 0.913 bits per heavy atom. The van der Waals surface area contributed by atoms with Crippen molar-refractivity contribution in [2.45, 2.75) is 59.3 Å². The second-order valence-electron chi connectivity index (χ2n) is 6.72. The lowest BCUT2D eigenvalue weighted by molar-refractivity contribution is 0.299. The lowest BCUT2D eigenvalue weighted by Gasteiger charge is -2.24. The molecule has 0 atom stereocenters. The summed E-state index contributed by atoms with van der Waals surface area (Å²) in [7, 11) is 0. The highest BCUT2D eigenvalue weighted by molar-refractivity contribution is 5.73. The van der Waals surface area contributed by atoms with Gasteiger partial charge in [0.1, 0.15) is 0 Å². The number of nitrogens with zero attached hydrogens (tertiary/aromatic N) is 1. The molecular weight excluding hydrogens is 282 g/mol. The molecule has 0 fully saturated rings. The van der Waals surface area contributed by atoms with Gasteiger partial charge in [-0.2, -0.15) is 0 Å². The molecule has 0 bridgehead atoms. The van der Waals surface area contributed by atoms with E-state index in [0.29, 0.717) is 18.3 Å². The van der Waals surface area contributed by atoms with Gasteiger partial charge in [-0.05, 0) is 46.9 Å². The molecule has 0 radical (unpaired) electrons. The summed E-state index contributed by atoms with van der Waals surface area (Å²) in [6.07, 6.45) is 1.62. The van der Waals surface area contributed by atoms with Crippen molar-refractivity contribution in [1.29, 1.82) is 0 Å². The van der Waals surface area contributed by atoms with Gasteiger partial charge < -0.3 is 5.11 Å². The summed E-state index contributed by atoms with van der Waals surface area (Å²) in [6, 6.07) is 10.6. The Morgan fingerprint density at radius 3 is 1.96 bits per heavy atom. The van der Waals surface area contributed by atoms with E-state index >= 15 is 0 Å². The maximum atomic E-state index is 9.61. The van der Waals surface area contributed by atoms with Crippen molar-refractivity contribution in [3.8, 4) is 11.1 Å². The van der Waals surface area contributed by atoms with Crippen LogP contribution in [0.15, 0.2) is 30.3 Å². The van der Waals surface area contributed by atoms with Crippen molar-refractivity contribution in [3.05, 3.63) is 52.8 Å². The SMILES string of the molecule is CCc1c(C(C)C)nc(C(C)C)c(CCO)c1-c1ccccc1. The van der Waals surface area contributed by atoms with Crippen LogP contribution in [0.3, 0.4) is 0 Å². The van der Waals surface area contributed by atoms with Crippen LogP contribution >= 0.6 is 0 Å². The number of hydrogen-bond donors (Lipinski definition) is 1. The van der Waals surface area contributed by atoms with E-state index in [2.05, 4.69) is 65.0 Å². The molecule has 1 heterocycles. The van der Waals surface area contributed by atoms with Gasteiger partial charge >= 0.3 is 0 Å². The van der Waals surface area contributed by atoms with Crippen molar-refractivity contribution in [3.63, 3.8) is 0 Å². The standard InChI is InChI=1S/C21H29NO/c1-6-17-19(16-10-8-7-9-11-16)18(12-13-23)21(15(4)5)22-20(17)14(2)3/h7-11,14-15,23H,6,12-13H2,1-5H3. The van der Waals surface area contributed by atoms with Crippen molar-refractivity contribution < 1.29 is 5.11 Å². The van der Waals surface area contributed by atoms with E-state index in [4.69, 9.17) is 4.98 Å². The maximum Gasteiger partial charge on any atom is 0.0472 e. The fourth-order valence-corrected chi connectivity index (χ4v) is 3.33. The summed E-state index contributed by atoms with van der Waals surface area (Å²) in [5.74, 6) is 0.746. The first kappa shape index (κ1) is 17.7. The van der Waals surface area contributed by atoms with Crippen LogP contribution < -0.4 is 0 Å². The van der Waals surface area contributed by atoms with Crippen LogP contribution in [-0.4, -0.2) is 16.7 Å². The number of aromatic nitrogens is 1. The van der Waals surface area contributed by atoms with Crippen LogP contribution in [0.2, 0.25) is 0 Å². The highest BCUT2D eigenvalue weighted by Gasteiger charge is 2.22. The van der Waals surface area contributed by atoms with E-state index in [-0.39, 0.29) is 6.61 Å². The molecule has 1 N–H and O–H groups in total. The Hall–Kier alpha value is -1.67. The van der Waals surface area contributed by atoms with Gasteiger partial charge in [0, 0.05) is 18.0 Å². The Morgan fingerprint density at radius 2 is 1.48 bits per heavy atom. The van der Waals surface area contributed by atoms with Crippen molar-refractivity contribution in [1.82, 2.24) is 4.98 Å². The van der Waals surface area contributed by atoms with Crippen molar-refractivity contribution in [2.24, 2.45) is 0 Å². The van der Waals surface area contributed by atoms with Gasteiger partial charge in [0.25, 0.3) is 0 Å². The number of hydrogen-bond acceptors (Lipinski definition) is 2. The summed E-state index contributed by atoms with van der Waals surface area (Å²) in [6.45, 7) is 11.2. The molecule has 2 heteroatoms. The Labute approximate surface area is 140 Å². The van der Waals surface area contributed by atoms with Crippen LogP contribution in [-0.2, 0) is 12.8 Å². The van der Waals surface area contributed by atoms with Gasteiger partial charge in [-0.1, -0.05) is 65.0 Å². The molecule has 0 saturated carbocycles. The van der Waals surface area contributed by atoms with Gasteiger partial charge in [0.15, 0.2) is 0 Å². The number of rotatable bonds is 6. The Kier molecular flexibility index (Phi) is 5.95. The number of aliphatic hydroxyl groups excluding tert-OH is 1. The van der Waals surface area contributed by atoms with E-state index < -0.39 is 0 Å². The molecule has 0 amide bonds. The molecule has 2 rings (SSSR count). The molecular formula is C21H29NO. The molecule has 2 aromatic rings. The van der Waals surface area contributed by atoms with Crippen molar-refractivity contribution in [2.75, 3.05) is 6.61 Å². The minimum absolute atomic E-state index is 0.158. The smallest absolute Gasteiger partial charge is 0.0472 e. The summed E-state index contributed by atoms with van der Waals surface area (Å²) in [5, 5.41) is 9.61. The fraction of sp³-hybridized carbons (Fsp3) is 0.476. The molecule has 0 spiro atoms. The first-order valence-corrected chi connectivity index (χ1v) is 8.73. The summed E-state index contributed by atoms with van der Waals surface area (Å²) in [4.78, 5) is 5.04. The van der Waals surface area contributed by atoms with Gasteiger partial charge in [0.05, 0.1) is 0 Å². The van der Waals surface area contributed by atoms with Gasteiger partial charge in [-0.3, -0.25) is 4.98 Å². The van der Waals surface area contributed by atoms with Crippen LogP contribution in [0.25, 0.3) is 11.1 Å². The zero-order valence-electron chi connectivity index (χ0n) is 15.1. The average Bonchev–Trinajstić information content (AvgIpc) is 2.54. The number of pyridine rings is 1. The first-order valence-electron chi connectivity index (χ1n) is 8.73. The molecule has 0 aliphatic carbocycles. The van der Waals surface area contributed by atoms with E-state index in [0.717, 1.165) is 12.1 Å². The minimum atomic E-state index is 0.158. The van der Waals surface area contributed by atoms with Crippen LogP contribution in [0.5, 0.6) is 0 Å². The third-order valence-corrected chi connectivity index (χ3v) is 4.33. The Balaban J connectivity index is 2.87. The van der Waals surface area contributed by atoms with Gasteiger partial charge in [-0.25, -0.2) is 0 Å². The normalized spacial score (nSPS) is 11.5. The quantitative estimate of drug-likeness (QED) is 0.805. The van der Waals surface area contributed by atoms with Gasteiger partial charge in [-0.15, -0.1) is 0 Å². The van der Waals surface area contributed by atoms with Crippen LogP contribution in [0.4, 0.5) is 0 Å². The lowest BCUT2D eigenvalue weighted by atomic mass is 9.85. The van der Waals surface area contributed by atoms with E-state index in [9.17, 15) is 5.11 Å². The topological polar surface area (TPSA) is 33.1 Å². The summed E-state index contributed by atoms with van der Waals surface area (Å²) < 4.78 is 0. The Bertz CT molecular complexity index is 645. The molecule has 0 unspecified atom stereocenters. The third-order valence-electron chi connectivity index (χ3n) is 4.33. The predicted molar refractivity (Wildman–Crippen MR) is 98.0 cm³/mol. The molecule has 1 aromatic heterocycles. The average molecular weight is 311 g/mol. The van der Waals surface area contributed by atoms with Crippen molar-refractivity contribution >= 4 is 0 Å². The molecule has 0 aliphatic rings. The van der Waals surface area contributed by atoms with E-state index in [1.165, 1.54) is 27.9 Å². The zero-order chi connectivity index (χ0) is 17.0. The number of benzene rings is 1. The molecule has 2 nitrogen and oxygen atoms in total. The molecule has 0 saturated heterocycles. The summed E-state index contributed by atoms with van der Waals surface area (Å²) in [5.41, 5.74) is 7.42. The molecule has 1 aromatic carbocycles. The predicted octanol–water partition coefficient (Wildman–Crippen LogP) is 5.09. The molecule has 0 aliphatic heterocycles. The highest BCUT2D eigenvalue weighted by Crippen LogP contribution is 2.36. The second-order valence-corrected chi connectivity index (χ2v) is 6.72. The first-order chi connectivity index (χ1) is 11.0. The monoisotopic (exact) mass is 311 g/mol. The number of aliphatic hydroxyl groups is 1. The third kappa shape index (κ3) is 3.64. The van der Waals surface area contributed by atoms with E-state index in [1.807, 2.05) is 0 Å². The largest absolute Gasteiger partial charge is 0.396 e. The minimum Gasteiger partial charge on any atom is -0.396 e.